The summed E-state index contributed by atoms with van der Waals surface area (Å²) in [4.78, 5) is 0. The number of hydrogen-bond donors (Lipinski definition) is 3. The van der Waals surface area contributed by atoms with Gasteiger partial charge in [0, 0.05) is 17.3 Å². The van der Waals surface area contributed by atoms with Crippen molar-refractivity contribution in [1.82, 2.24) is 15.5 Å². The van der Waals surface area contributed by atoms with Gasteiger partial charge in [0.15, 0.2) is 0 Å². The van der Waals surface area contributed by atoms with Gasteiger partial charge in [-0.1, -0.05) is 35.9 Å². The fourth-order valence-electron chi connectivity index (χ4n) is 2.75. The Morgan fingerprint density at radius 2 is 2.08 bits per heavy atom. The van der Waals surface area contributed by atoms with Crippen LogP contribution in [0.2, 0.25) is 5.02 Å². The number of aliphatic hydroxyl groups excluding tert-OH is 1. The van der Waals surface area contributed by atoms with Crippen LogP contribution < -0.4 is 10.1 Å². The van der Waals surface area contributed by atoms with E-state index in [-0.39, 0.29) is 6.61 Å². The number of rotatable bonds is 8. The van der Waals surface area contributed by atoms with E-state index in [2.05, 4.69) is 15.5 Å². The van der Waals surface area contributed by atoms with E-state index in [1.165, 1.54) is 0 Å². The highest BCUT2D eigenvalue weighted by atomic mass is 35.5. The van der Waals surface area contributed by atoms with E-state index >= 15 is 0 Å². The smallest absolute Gasteiger partial charge is 0.130 e. The minimum atomic E-state index is -0.589. The maximum atomic E-state index is 10.1. The molecule has 0 spiro atoms. The number of aliphatic hydroxyl groups is 1. The minimum absolute atomic E-state index is 0.225. The molecule has 0 fully saturated rings. The molecule has 6 heteroatoms. The number of aromatic amines is 1. The van der Waals surface area contributed by atoms with Crippen LogP contribution in [0.1, 0.15) is 11.3 Å². The average Bonchev–Trinajstić information content (AvgIpc) is 3.00. The van der Waals surface area contributed by atoms with Gasteiger partial charge in [-0.25, -0.2) is 0 Å². The molecular formula is C19H22ClN3O2. The molecule has 3 aromatic rings. The number of fused-ring (bicyclic) bond motifs is 1. The summed E-state index contributed by atoms with van der Waals surface area (Å²) < 4.78 is 5.78. The molecule has 0 saturated carbocycles. The molecule has 3 rings (SSSR count). The van der Waals surface area contributed by atoms with Gasteiger partial charge in [-0.2, -0.15) is 5.10 Å². The van der Waals surface area contributed by atoms with Crippen LogP contribution in [0.15, 0.2) is 42.5 Å². The van der Waals surface area contributed by atoms with Crippen molar-refractivity contribution in [1.29, 1.82) is 0 Å². The Morgan fingerprint density at radius 1 is 1.24 bits per heavy atom. The molecule has 0 aliphatic carbocycles. The Bertz CT molecular complexity index is 834. The van der Waals surface area contributed by atoms with Gasteiger partial charge < -0.3 is 15.2 Å². The minimum Gasteiger partial charge on any atom is -0.490 e. The van der Waals surface area contributed by atoms with Crippen LogP contribution in [-0.2, 0) is 6.42 Å². The highest BCUT2D eigenvalue weighted by Crippen LogP contribution is 2.26. The van der Waals surface area contributed by atoms with Crippen molar-refractivity contribution in [2.24, 2.45) is 0 Å². The van der Waals surface area contributed by atoms with Crippen LogP contribution in [0.25, 0.3) is 10.9 Å². The Balaban J connectivity index is 1.44. The van der Waals surface area contributed by atoms with Gasteiger partial charge in [0.2, 0.25) is 0 Å². The number of aromatic nitrogens is 2. The number of nitrogens with zero attached hydrogens (tertiary/aromatic N) is 1. The third kappa shape index (κ3) is 4.51. The summed E-state index contributed by atoms with van der Waals surface area (Å²) in [7, 11) is 0. The van der Waals surface area contributed by atoms with Crippen LogP contribution in [0.3, 0.4) is 0 Å². The summed E-state index contributed by atoms with van der Waals surface area (Å²) in [6, 6.07) is 13.5. The molecule has 0 saturated heterocycles. The molecule has 3 N–H and O–H groups in total. The van der Waals surface area contributed by atoms with Crippen molar-refractivity contribution in [3.63, 3.8) is 0 Å². The largest absolute Gasteiger partial charge is 0.490 e. The second kappa shape index (κ2) is 8.34. The third-order valence-corrected chi connectivity index (χ3v) is 4.43. The molecule has 0 aliphatic heterocycles. The van der Waals surface area contributed by atoms with E-state index in [4.69, 9.17) is 16.3 Å². The van der Waals surface area contributed by atoms with E-state index < -0.39 is 6.10 Å². The fourth-order valence-corrected chi connectivity index (χ4v) is 2.98. The molecule has 132 valence electrons. The molecule has 0 bridgehead atoms. The molecule has 25 heavy (non-hydrogen) atoms. The Morgan fingerprint density at radius 3 is 2.92 bits per heavy atom. The summed E-state index contributed by atoms with van der Waals surface area (Å²) in [5, 5.41) is 22.2. The molecular weight excluding hydrogens is 338 g/mol. The number of hydrogen-bond acceptors (Lipinski definition) is 4. The van der Waals surface area contributed by atoms with Crippen LogP contribution in [0.5, 0.6) is 5.75 Å². The Kier molecular flexibility index (Phi) is 5.91. The SMILES string of the molecule is Cc1[nH]nc2cccc(OC[C@@H](O)CNCCc3ccccc3Cl)c12. The monoisotopic (exact) mass is 359 g/mol. The first kappa shape index (κ1) is 17.7. The van der Waals surface area contributed by atoms with Crippen molar-refractivity contribution < 1.29 is 9.84 Å². The van der Waals surface area contributed by atoms with Gasteiger partial charge in [0.05, 0.1) is 10.9 Å². The third-order valence-electron chi connectivity index (χ3n) is 4.06. The summed E-state index contributed by atoms with van der Waals surface area (Å²) in [6.45, 7) is 3.39. The number of halogens is 1. The van der Waals surface area contributed by atoms with E-state index in [0.717, 1.165) is 45.9 Å². The average molecular weight is 360 g/mol. The maximum Gasteiger partial charge on any atom is 0.130 e. The molecule has 2 aromatic carbocycles. The van der Waals surface area contributed by atoms with E-state index in [1.54, 1.807) is 0 Å². The van der Waals surface area contributed by atoms with E-state index in [1.807, 2.05) is 49.4 Å². The molecule has 0 amide bonds. The first-order valence-electron chi connectivity index (χ1n) is 8.34. The predicted molar refractivity (Wildman–Crippen MR) is 100 cm³/mol. The van der Waals surface area contributed by atoms with Gasteiger partial charge in [0.25, 0.3) is 0 Å². The van der Waals surface area contributed by atoms with Crippen LogP contribution in [0.4, 0.5) is 0 Å². The normalized spacial score (nSPS) is 12.4. The van der Waals surface area contributed by atoms with Crippen LogP contribution in [0, 0.1) is 6.92 Å². The van der Waals surface area contributed by atoms with Gasteiger partial charge >= 0.3 is 0 Å². The zero-order valence-electron chi connectivity index (χ0n) is 14.1. The number of benzene rings is 2. The zero-order valence-corrected chi connectivity index (χ0v) is 14.9. The second-order valence-electron chi connectivity index (χ2n) is 6.01. The first-order chi connectivity index (χ1) is 12.1. The van der Waals surface area contributed by atoms with E-state index in [9.17, 15) is 5.11 Å². The molecule has 1 heterocycles. The highest BCUT2D eigenvalue weighted by Gasteiger charge is 2.10. The first-order valence-corrected chi connectivity index (χ1v) is 8.71. The van der Waals surface area contributed by atoms with Crippen molar-refractivity contribution in [3.8, 4) is 5.75 Å². The maximum absolute atomic E-state index is 10.1. The second-order valence-corrected chi connectivity index (χ2v) is 6.42. The van der Waals surface area contributed by atoms with Gasteiger partial charge in [-0.3, -0.25) is 5.10 Å². The summed E-state index contributed by atoms with van der Waals surface area (Å²) in [6.07, 6.45) is 0.231. The van der Waals surface area contributed by atoms with Crippen molar-refractivity contribution >= 4 is 22.5 Å². The molecule has 1 aromatic heterocycles. The lowest BCUT2D eigenvalue weighted by atomic mass is 10.1. The quantitative estimate of drug-likeness (QED) is 0.540. The number of nitrogens with one attached hydrogen (secondary N) is 2. The van der Waals surface area contributed by atoms with E-state index in [0.29, 0.717) is 6.54 Å². The summed E-state index contributed by atoms with van der Waals surface area (Å²) >= 11 is 6.13. The number of aryl methyl sites for hydroxylation is 1. The number of ether oxygens (including phenoxy) is 1. The lowest BCUT2D eigenvalue weighted by molar-refractivity contribution is 0.107. The Labute approximate surface area is 152 Å². The van der Waals surface area contributed by atoms with Crippen molar-refractivity contribution in [3.05, 3.63) is 58.7 Å². The van der Waals surface area contributed by atoms with Gasteiger partial charge in [-0.05, 0) is 43.7 Å². The van der Waals surface area contributed by atoms with Crippen molar-refractivity contribution in [2.45, 2.75) is 19.4 Å². The van der Waals surface area contributed by atoms with Crippen molar-refractivity contribution in [2.75, 3.05) is 19.7 Å². The molecule has 1 atom stereocenters. The molecule has 0 unspecified atom stereocenters. The molecule has 0 radical (unpaired) electrons. The lowest BCUT2D eigenvalue weighted by Crippen LogP contribution is -2.32. The lowest BCUT2D eigenvalue weighted by Gasteiger charge is -2.14. The standard InChI is InChI=1S/C19H22ClN3O2/c1-13-19-17(23-22-13)7-4-8-18(19)25-12-15(24)11-21-10-9-14-5-2-3-6-16(14)20/h2-8,15,21,24H,9-12H2,1H3,(H,22,23)/t15-/m0/s1. The summed E-state index contributed by atoms with van der Waals surface area (Å²) in [5.41, 5.74) is 2.92. The van der Waals surface area contributed by atoms with Gasteiger partial charge in [-0.15, -0.1) is 0 Å². The zero-order chi connectivity index (χ0) is 17.6. The highest BCUT2D eigenvalue weighted by molar-refractivity contribution is 6.31. The fraction of sp³-hybridized carbons (Fsp3) is 0.316. The Hall–Kier alpha value is -2.08. The van der Waals surface area contributed by atoms with Crippen LogP contribution in [-0.4, -0.2) is 41.1 Å². The number of H-pyrrole nitrogens is 1. The molecule has 5 nitrogen and oxygen atoms in total. The topological polar surface area (TPSA) is 70.2 Å². The molecule has 0 aliphatic rings. The summed E-state index contributed by atoms with van der Waals surface area (Å²) in [5.74, 6) is 0.735. The van der Waals surface area contributed by atoms with Gasteiger partial charge in [0.1, 0.15) is 18.5 Å². The van der Waals surface area contributed by atoms with Crippen LogP contribution >= 0.6 is 11.6 Å². The predicted octanol–water partition coefficient (Wildman–Crippen LogP) is 3.10.